The van der Waals surface area contributed by atoms with Crippen LogP contribution in [-0.2, 0) is 0 Å². The monoisotopic (exact) mass is 167 g/mol. The normalized spacial score (nSPS) is 17.6. The molecular weight excluding hydrogens is 153 g/mol. The van der Waals surface area contributed by atoms with E-state index in [1.165, 1.54) is 25.0 Å². The lowest BCUT2D eigenvalue weighted by molar-refractivity contribution is 0.628. The van der Waals surface area contributed by atoms with Gasteiger partial charge in [0.15, 0.2) is 0 Å². The minimum Gasteiger partial charge on any atom is -0.325 e. The molecule has 0 atom stereocenters. The Morgan fingerprint density at radius 1 is 1.25 bits per heavy atom. The number of halogens is 1. The Kier molecular flexibility index (Phi) is 2.82. The van der Waals surface area contributed by atoms with Crippen LogP contribution >= 0.6 is 0 Å². The van der Waals surface area contributed by atoms with E-state index in [4.69, 9.17) is 5.73 Å². The Balaban J connectivity index is 0.000000127. The van der Waals surface area contributed by atoms with Crippen LogP contribution in [0.3, 0.4) is 0 Å². The molecule has 1 aromatic carbocycles. The maximum Gasteiger partial charge on any atom is 0.123 e. The highest BCUT2D eigenvalue weighted by Gasteiger charge is 2.31. The van der Waals surface area contributed by atoms with Crippen molar-refractivity contribution in [2.75, 3.05) is 0 Å². The van der Waals surface area contributed by atoms with Crippen LogP contribution in [0.25, 0.3) is 0 Å². The Morgan fingerprint density at radius 3 is 1.83 bits per heavy atom. The fourth-order valence-electron chi connectivity index (χ4n) is 0.612. The molecular formula is C10H14FN. The van der Waals surface area contributed by atoms with Gasteiger partial charge < -0.3 is 5.73 Å². The molecule has 2 heteroatoms. The van der Waals surface area contributed by atoms with Gasteiger partial charge in [0, 0.05) is 5.54 Å². The van der Waals surface area contributed by atoms with Gasteiger partial charge in [-0.15, -0.1) is 0 Å². The molecule has 0 unspecified atom stereocenters. The first-order chi connectivity index (χ1) is 5.60. The number of nitrogens with two attached hydrogens (primary N) is 1. The summed E-state index contributed by atoms with van der Waals surface area (Å²) in [5, 5.41) is 0. The van der Waals surface area contributed by atoms with Crippen molar-refractivity contribution in [2.24, 2.45) is 5.73 Å². The van der Waals surface area contributed by atoms with E-state index in [2.05, 4.69) is 6.92 Å². The molecule has 0 heterocycles. The van der Waals surface area contributed by atoms with E-state index >= 15 is 0 Å². The fraction of sp³-hybridized carbons (Fsp3) is 0.400. The SMILES string of the molecule is CC1(N)CC1.Fc1ccccc1. The third kappa shape index (κ3) is 4.09. The summed E-state index contributed by atoms with van der Waals surface area (Å²) in [4.78, 5) is 0. The van der Waals surface area contributed by atoms with Gasteiger partial charge in [-0.2, -0.15) is 0 Å². The van der Waals surface area contributed by atoms with Gasteiger partial charge in [0.25, 0.3) is 0 Å². The molecule has 1 aromatic rings. The predicted octanol–water partition coefficient (Wildman–Crippen LogP) is 2.32. The largest absolute Gasteiger partial charge is 0.325 e. The molecule has 1 aliphatic rings. The van der Waals surface area contributed by atoms with Gasteiger partial charge in [-0.1, -0.05) is 18.2 Å². The van der Waals surface area contributed by atoms with Crippen molar-refractivity contribution in [3.05, 3.63) is 36.1 Å². The van der Waals surface area contributed by atoms with E-state index < -0.39 is 0 Å². The number of benzene rings is 1. The molecule has 0 bridgehead atoms. The second-order valence-corrected chi connectivity index (χ2v) is 3.45. The topological polar surface area (TPSA) is 26.0 Å². The van der Waals surface area contributed by atoms with Crippen LogP contribution in [0.1, 0.15) is 19.8 Å². The number of rotatable bonds is 0. The molecule has 0 aromatic heterocycles. The summed E-state index contributed by atoms with van der Waals surface area (Å²) in [6, 6.07) is 7.94. The lowest BCUT2D eigenvalue weighted by atomic mass is 10.4. The smallest absolute Gasteiger partial charge is 0.123 e. The second-order valence-electron chi connectivity index (χ2n) is 3.45. The van der Waals surface area contributed by atoms with Crippen LogP contribution in [0.15, 0.2) is 30.3 Å². The van der Waals surface area contributed by atoms with Crippen LogP contribution in [0.4, 0.5) is 4.39 Å². The molecule has 66 valence electrons. The maximum absolute atomic E-state index is 11.9. The van der Waals surface area contributed by atoms with Gasteiger partial charge in [0.05, 0.1) is 0 Å². The van der Waals surface area contributed by atoms with Crippen molar-refractivity contribution >= 4 is 0 Å². The van der Waals surface area contributed by atoms with E-state index in [9.17, 15) is 4.39 Å². The fourth-order valence-corrected chi connectivity index (χ4v) is 0.612. The lowest BCUT2D eigenvalue weighted by Crippen LogP contribution is -2.14. The molecule has 0 amide bonds. The summed E-state index contributed by atoms with van der Waals surface area (Å²) >= 11 is 0. The van der Waals surface area contributed by atoms with E-state index in [0.717, 1.165) is 0 Å². The van der Waals surface area contributed by atoms with E-state index in [1.54, 1.807) is 18.2 Å². The van der Waals surface area contributed by atoms with Crippen molar-refractivity contribution in [3.8, 4) is 0 Å². The Labute approximate surface area is 72.4 Å². The van der Waals surface area contributed by atoms with E-state index in [1.807, 2.05) is 0 Å². The number of hydrogen-bond acceptors (Lipinski definition) is 1. The quantitative estimate of drug-likeness (QED) is 0.630. The minimum atomic E-state index is -0.178. The van der Waals surface area contributed by atoms with Crippen LogP contribution in [0.2, 0.25) is 0 Å². The van der Waals surface area contributed by atoms with Gasteiger partial charge in [-0.05, 0) is 31.9 Å². The summed E-state index contributed by atoms with van der Waals surface area (Å²) in [5.74, 6) is -0.178. The highest BCUT2D eigenvalue weighted by atomic mass is 19.1. The van der Waals surface area contributed by atoms with Crippen molar-refractivity contribution in [1.29, 1.82) is 0 Å². The molecule has 0 radical (unpaired) electrons. The molecule has 0 spiro atoms. The molecule has 1 saturated carbocycles. The summed E-state index contributed by atoms with van der Waals surface area (Å²) in [6.07, 6.45) is 2.46. The predicted molar refractivity (Wildman–Crippen MR) is 48.2 cm³/mol. The third-order valence-corrected chi connectivity index (χ3v) is 1.77. The van der Waals surface area contributed by atoms with Crippen molar-refractivity contribution in [2.45, 2.75) is 25.3 Å². The van der Waals surface area contributed by atoms with Crippen molar-refractivity contribution in [1.82, 2.24) is 0 Å². The second kappa shape index (κ2) is 3.68. The third-order valence-electron chi connectivity index (χ3n) is 1.77. The average Bonchev–Trinajstić information content (AvgIpc) is 2.69. The lowest BCUT2D eigenvalue weighted by Gasteiger charge is -1.88. The molecule has 1 nitrogen and oxygen atoms in total. The minimum absolute atomic E-state index is 0.178. The molecule has 2 N–H and O–H groups in total. The Hall–Kier alpha value is -0.890. The highest BCUT2D eigenvalue weighted by molar-refractivity contribution is 5.02. The first-order valence-electron chi connectivity index (χ1n) is 4.10. The highest BCUT2D eigenvalue weighted by Crippen LogP contribution is 2.30. The van der Waals surface area contributed by atoms with Gasteiger partial charge >= 0.3 is 0 Å². The van der Waals surface area contributed by atoms with E-state index in [-0.39, 0.29) is 11.4 Å². The summed E-state index contributed by atoms with van der Waals surface area (Å²) < 4.78 is 11.9. The van der Waals surface area contributed by atoms with Gasteiger partial charge in [0.2, 0.25) is 0 Å². The average molecular weight is 167 g/mol. The first-order valence-corrected chi connectivity index (χ1v) is 4.10. The van der Waals surface area contributed by atoms with Crippen molar-refractivity contribution < 1.29 is 4.39 Å². The molecule has 1 aliphatic carbocycles. The van der Waals surface area contributed by atoms with Gasteiger partial charge in [-0.25, -0.2) is 4.39 Å². The zero-order valence-corrected chi connectivity index (χ0v) is 7.26. The van der Waals surface area contributed by atoms with E-state index in [0.29, 0.717) is 0 Å². The molecule has 0 saturated heterocycles. The number of hydrogen-bond donors (Lipinski definition) is 1. The van der Waals surface area contributed by atoms with Crippen LogP contribution in [0, 0.1) is 5.82 Å². The summed E-state index contributed by atoms with van der Waals surface area (Å²) in [7, 11) is 0. The molecule has 0 aliphatic heterocycles. The summed E-state index contributed by atoms with van der Waals surface area (Å²) in [6.45, 7) is 2.08. The molecule has 12 heavy (non-hydrogen) atoms. The van der Waals surface area contributed by atoms with Crippen LogP contribution in [0.5, 0.6) is 0 Å². The molecule has 1 fully saturated rings. The van der Waals surface area contributed by atoms with Gasteiger partial charge in [-0.3, -0.25) is 0 Å². The zero-order chi connectivity index (χ0) is 9.03. The maximum atomic E-state index is 11.9. The first kappa shape index (κ1) is 9.20. The Morgan fingerprint density at radius 2 is 1.67 bits per heavy atom. The van der Waals surface area contributed by atoms with Crippen LogP contribution < -0.4 is 5.73 Å². The standard InChI is InChI=1S/C6H5F.C4H9N/c7-6-4-2-1-3-5-6;1-4(5)2-3-4/h1-5H;2-3,5H2,1H3. The van der Waals surface area contributed by atoms with Gasteiger partial charge in [0.1, 0.15) is 5.82 Å². The Bertz CT molecular complexity index is 225. The summed E-state index contributed by atoms with van der Waals surface area (Å²) in [5.41, 5.74) is 5.72. The molecule has 2 rings (SSSR count). The van der Waals surface area contributed by atoms with Crippen LogP contribution in [-0.4, -0.2) is 5.54 Å². The zero-order valence-electron chi connectivity index (χ0n) is 7.26. The van der Waals surface area contributed by atoms with Crippen molar-refractivity contribution in [3.63, 3.8) is 0 Å².